The van der Waals surface area contributed by atoms with Crippen LogP contribution < -0.4 is 5.32 Å². The van der Waals surface area contributed by atoms with Crippen LogP contribution in [0.15, 0.2) is 29.7 Å². The maximum atomic E-state index is 13.1. The summed E-state index contributed by atoms with van der Waals surface area (Å²) in [6.07, 6.45) is -3.56. The van der Waals surface area contributed by atoms with E-state index in [0.717, 1.165) is 12.1 Å². The molecule has 0 unspecified atom stereocenters. The van der Waals surface area contributed by atoms with Crippen LogP contribution >= 0.6 is 0 Å². The van der Waals surface area contributed by atoms with Crippen molar-refractivity contribution in [2.45, 2.75) is 71.4 Å². The van der Waals surface area contributed by atoms with Crippen LogP contribution in [0.1, 0.15) is 59.6 Å². The van der Waals surface area contributed by atoms with Crippen molar-refractivity contribution < 1.29 is 32.0 Å². The van der Waals surface area contributed by atoms with Gasteiger partial charge in [0.05, 0.1) is 16.8 Å². The van der Waals surface area contributed by atoms with Gasteiger partial charge in [-0.15, -0.1) is 0 Å². The van der Waals surface area contributed by atoms with Gasteiger partial charge in [0.25, 0.3) is 0 Å². The number of carbonyl (C=O) groups is 1. The molecule has 0 spiro atoms. The Balaban J connectivity index is 2.32. The second-order valence-electron chi connectivity index (χ2n) is 9.29. The fourth-order valence-electron chi connectivity index (χ4n) is 2.70. The molecule has 1 heterocycles. The fourth-order valence-corrected chi connectivity index (χ4v) is 2.70. The zero-order valence-corrected chi connectivity index (χ0v) is 18.4. The van der Waals surface area contributed by atoms with Gasteiger partial charge < -0.3 is 19.4 Å². The first kappa shape index (κ1) is 24.3. The normalized spacial score (nSPS) is 19.0. The van der Waals surface area contributed by atoms with Crippen LogP contribution in [0, 0.1) is 0 Å². The second-order valence-corrected chi connectivity index (χ2v) is 9.29. The zero-order chi connectivity index (χ0) is 23.0. The third-order valence-corrected chi connectivity index (χ3v) is 4.96. The molecule has 0 aromatic heterocycles. The number of rotatable bonds is 4. The molecule has 0 aliphatic carbocycles. The summed E-state index contributed by atoms with van der Waals surface area (Å²) in [5.74, 6) is 0. The molecule has 1 fully saturated rings. The van der Waals surface area contributed by atoms with Gasteiger partial charge in [-0.1, -0.05) is 18.2 Å². The first-order valence-electron chi connectivity index (χ1n) is 9.70. The molecule has 166 valence electrons. The molecule has 9 heteroatoms. The Morgan fingerprint density at radius 1 is 1.13 bits per heavy atom. The molecule has 1 aliphatic rings. The molecular formula is C21H29BF3NO4. The molecule has 1 amide bonds. The molecule has 1 aromatic rings. The van der Waals surface area contributed by atoms with Crippen LogP contribution in [0.25, 0.3) is 6.08 Å². The minimum Gasteiger partial charge on any atom is -0.444 e. The third-order valence-electron chi connectivity index (χ3n) is 4.96. The lowest BCUT2D eigenvalue weighted by molar-refractivity contribution is -0.137. The highest BCUT2D eigenvalue weighted by Crippen LogP contribution is 2.39. The summed E-state index contributed by atoms with van der Waals surface area (Å²) >= 11 is 0. The Labute approximate surface area is 176 Å². The van der Waals surface area contributed by atoms with Crippen LogP contribution in [0.4, 0.5) is 18.0 Å². The van der Waals surface area contributed by atoms with Gasteiger partial charge in [-0.25, -0.2) is 4.79 Å². The van der Waals surface area contributed by atoms with E-state index in [1.165, 1.54) is 12.1 Å². The molecule has 2 rings (SSSR count). The Kier molecular flexibility index (Phi) is 6.69. The first-order valence-corrected chi connectivity index (χ1v) is 9.70. The summed E-state index contributed by atoms with van der Waals surface area (Å²) in [4.78, 5) is 12.1. The second kappa shape index (κ2) is 8.27. The number of alkyl carbamates (subject to hydrolysis) is 1. The Morgan fingerprint density at radius 2 is 1.70 bits per heavy atom. The number of nitrogens with one attached hydrogen (secondary N) is 1. The molecule has 1 saturated heterocycles. The minimum absolute atomic E-state index is 0.0119. The quantitative estimate of drug-likeness (QED) is 0.668. The van der Waals surface area contributed by atoms with E-state index in [4.69, 9.17) is 14.0 Å². The number of benzene rings is 1. The number of alkyl halides is 3. The van der Waals surface area contributed by atoms with Crippen molar-refractivity contribution in [3.63, 3.8) is 0 Å². The Hall–Kier alpha value is -2.00. The Bertz CT molecular complexity index is 797. The van der Waals surface area contributed by atoms with E-state index in [-0.39, 0.29) is 6.54 Å². The molecule has 5 nitrogen and oxygen atoms in total. The van der Waals surface area contributed by atoms with Crippen LogP contribution in [0.2, 0.25) is 0 Å². The largest absolute Gasteiger partial charge is 0.492 e. The summed E-state index contributed by atoms with van der Waals surface area (Å²) in [7, 11) is -0.834. The van der Waals surface area contributed by atoms with Gasteiger partial charge in [0.2, 0.25) is 0 Å². The van der Waals surface area contributed by atoms with E-state index >= 15 is 0 Å². The van der Waals surface area contributed by atoms with E-state index in [0.29, 0.717) is 11.0 Å². The van der Waals surface area contributed by atoms with Gasteiger partial charge >= 0.3 is 19.4 Å². The van der Waals surface area contributed by atoms with Crippen molar-refractivity contribution in [1.29, 1.82) is 0 Å². The van der Waals surface area contributed by atoms with E-state index < -0.39 is 41.8 Å². The number of carbonyl (C=O) groups excluding carboxylic acids is 1. The SMILES string of the molecule is CC(C)(C)OC(=O)NCC(=Cc1cccc(C(F)(F)F)c1)B1OC(C)(C)C(C)(C)O1. The monoisotopic (exact) mass is 427 g/mol. The lowest BCUT2D eigenvalue weighted by Gasteiger charge is -2.32. The topological polar surface area (TPSA) is 56.8 Å². The summed E-state index contributed by atoms with van der Waals surface area (Å²) in [5.41, 5.74) is -1.93. The van der Waals surface area contributed by atoms with Crippen molar-refractivity contribution in [1.82, 2.24) is 5.32 Å². The van der Waals surface area contributed by atoms with Crippen molar-refractivity contribution in [2.24, 2.45) is 0 Å². The first-order chi connectivity index (χ1) is 13.5. The van der Waals surface area contributed by atoms with E-state index in [2.05, 4.69) is 5.32 Å². The summed E-state index contributed by atoms with van der Waals surface area (Å²) < 4.78 is 56.5. The van der Waals surface area contributed by atoms with Crippen LogP contribution in [0.5, 0.6) is 0 Å². The molecular weight excluding hydrogens is 398 g/mol. The van der Waals surface area contributed by atoms with Gasteiger partial charge in [0, 0.05) is 6.54 Å². The van der Waals surface area contributed by atoms with E-state index in [1.807, 2.05) is 27.7 Å². The van der Waals surface area contributed by atoms with Crippen molar-refractivity contribution in [2.75, 3.05) is 6.54 Å². The maximum absolute atomic E-state index is 13.1. The molecule has 30 heavy (non-hydrogen) atoms. The lowest BCUT2D eigenvalue weighted by Crippen LogP contribution is -2.41. The predicted molar refractivity (Wildman–Crippen MR) is 110 cm³/mol. The molecule has 0 radical (unpaired) electrons. The number of ether oxygens (including phenoxy) is 1. The highest BCUT2D eigenvalue weighted by Gasteiger charge is 2.52. The van der Waals surface area contributed by atoms with E-state index in [9.17, 15) is 18.0 Å². The van der Waals surface area contributed by atoms with Gasteiger partial charge in [-0.05, 0) is 71.6 Å². The van der Waals surface area contributed by atoms with Gasteiger partial charge in [-0.3, -0.25) is 0 Å². The molecule has 1 aliphatic heterocycles. The van der Waals surface area contributed by atoms with Crippen LogP contribution in [-0.4, -0.2) is 36.6 Å². The van der Waals surface area contributed by atoms with Crippen LogP contribution in [0.3, 0.4) is 0 Å². The summed E-state index contributed by atoms with van der Waals surface area (Å²) in [6.45, 7) is 12.7. The molecule has 1 aromatic carbocycles. The van der Waals surface area contributed by atoms with Crippen molar-refractivity contribution >= 4 is 19.3 Å². The zero-order valence-electron chi connectivity index (χ0n) is 18.4. The molecule has 0 saturated carbocycles. The summed E-state index contributed by atoms with van der Waals surface area (Å²) in [6, 6.07) is 4.93. The minimum atomic E-state index is -4.46. The summed E-state index contributed by atoms with van der Waals surface area (Å²) in [5, 5.41) is 2.62. The highest BCUT2D eigenvalue weighted by atomic mass is 19.4. The Morgan fingerprint density at radius 3 is 2.20 bits per heavy atom. The average molecular weight is 427 g/mol. The number of halogens is 3. The highest BCUT2D eigenvalue weighted by molar-refractivity contribution is 6.56. The molecule has 0 bridgehead atoms. The lowest BCUT2D eigenvalue weighted by atomic mass is 9.77. The van der Waals surface area contributed by atoms with Gasteiger partial charge in [0.15, 0.2) is 0 Å². The van der Waals surface area contributed by atoms with Gasteiger partial charge in [0.1, 0.15) is 5.60 Å². The number of amides is 1. The van der Waals surface area contributed by atoms with Crippen LogP contribution in [-0.2, 0) is 20.2 Å². The molecule has 1 N–H and O–H groups in total. The molecule has 0 atom stereocenters. The van der Waals surface area contributed by atoms with Crippen molar-refractivity contribution in [3.05, 3.63) is 40.9 Å². The van der Waals surface area contributed by atoms with Crippen molar-refractivity contribution in [3.8, 4) is 0 Å². The maximum Gasteiger partial charge on any atom is 0.492 e. The number of hydrogen-bond acceptors (Lipinski definition) is 4. The predicted octanol–water partition coefficient (Wildman–Crippen LogP) is 5.24. The average Bonchev–Trinajstić information content (AvgIpc) is 2.77. The van der Waals surface area contributed by atoms with E-state index in [1.54, 1.807) is 26.8 Å². The number of hydrogen-bond donors (Lipinski definition) is 1. The smallest absolute Gasteiger partial charge is 0.444 e. The standard InChI is InChI=1S/C21H29BF3NO4/c1-18(2,3)28-17(27)26-13-16(22-29-19(4,5)20(6,7)30-22)12-14-9-8-10-15(11-14)21(23,24)25/h8-12H,13H2,1-7H3,(H,26,27). The third kappa shape index (κ3) is 6.25. The fraction of sp³-hybridized carbons (Fsp3) is 0.571. The van der Waals surface area contributed by atoms with Gasteiger partial charge in [-0.2, -0.15) is 13.2 Å².